The molecule has 1 N–H and O–H groups in total. The van der Waals surface area contributed by atoms with E-state index in [0.29, 0.717) is 12.1 Å². The highest BCUT2D eigenvalue weighted by atomic mass is 19.1. The third kappa shape index (κ3) is 3.44. The third-order valence-corrected chi connectivity index (χ3v) is 2.86. The predicted molar refractivity (Wildman–Crippen MR) is 66.4 cm³/mol. The van der Waals surface area contributed by atoms with Crippen LogP contribution in [0.25, 0.3) is 0 Å². The minimum atomic E-state index is -0.243. The van der Waals surface area contributed by atoms with Crippen molar-refractivity contribution >= 4 is 6.03 Å². The van der Waals surface area contributed by atoms with E-state index >= 15 is 0 Å². The Hall–Kier alpha value is -1.58. The molecule has 0 saturated heterocycles. The molecule has 1 atom stereocenters. The van der Waals surface area contributed by atoms with Gasteiger partial charge in [0.1, 0.15) is 5.82 Å². The summed E-state index contributed by atoms with van der Waals surface area (Å²) in [4.78, 5) is 13.2. The van der Waals surface area contributed by atoms with Crippen molar-refractivity contribution in [3.05, 3.63) is 35.1 Å². The molecule has 4 heteroatoms. The summed E-state index contributed by atoms with van der Waals surface area (Å²) in [6, 6.07) is 4.66. The number of carbonyl (C=O) groups excluding carboxylic acids is 1. The SMILES string of the molecule is CCN(C)C(=O)NC(C)c1ccc(C)c(F)c1. The molecule has 0 aromatic heterocycles. The van der Waals surface area contributed by atoms with Crippen LogP contribution in [0, 0.1) is 12.7 Å². The lowest BCUT2D eigenvalue weighted by molar-refractivity contribution is 0.207. The number of hydrogen-bond acceptors (Lipinski definition) is 1. The van der Waals surface area contributed by atoms with Crippen LogP contribution in [0.2, 0.25) is 0 Å². The Kier molecular flexibility index (Phi) is 4.49. The van der Waals surface area contributed by atoms with Crippen LogP contribution in [0.1, 0.15) is 31.0 Å². The zero-order chi connectivity index (χ0) is 13.0. The minimum Gasteiger partial charge on any atom is -0.331 e. The summed E-state index contributed by atoms with van der Waals surface area (Å²) < 4.78 is 13.4. The maximum Gasteiger partial charge on any atom is 0.317 e. The maximum absolute atomic E-state index is 13.4. The summed E-state index contributed by atoms with van der Waals surface area (Å²) in [5, 5.41) is 2.81. The lowest BCUT2D eigenvalue weighted by Crippen LogP contribution is -2.38. The Morgan fingerprint density at radius 2 is 2.18 bits per heavy atom. The number of carbonyl (C=O) groups is 1. The van der Waals surface area contributed by atoms with Crippen LogP contribution in [0.5, 0.6) is 0 Å². The van der Waals surface area contributed by atoms with Crippen molar-refractivity contribution in [1.29, 1.82) is 0 Å². The Morgan fingerprint density at radius 3 is 2.71 bits per heavy atom. The van der Waals surface area contributed by atoms with E-state index in [2.05, 4.69) is 5.32 Å². The minimum absolute atomic E-state index is 0.152. The Balaban J connectivity index is 2.73. The number of amides is 2. The summed E-state index contributed by atoms with van der Waals surface area (Å²) in [7, 11) is 1.72. The summed E-state index contributed by atoms with van der Waals surface area (Å²) in [6.45, 7) is 6.09. The second-order valence-corrected chi connectivity index (χ2v) is 4.19. The van der Waals surface area contributed by atoms with Crippen LogP contribution in [0.4, 0.5) is 9.18 Å². The normalized spacial score (nSPS) is 12.1. The van der Waals surface area contributed by atoms with Crippen LogP contribution >= 0.6 is 0 Å². The van der Waals surface area contributed by atoms with Crippen LogP contribution < -0.4 is 5.32 Å². The topological polar surface area (TPSA) is 32.3 Å². The van der Waals surface area contributed by atoms with Crippen LogP contribution in [0.3, 0.4) is 0 Å². The van der Waals surface area contributed by atoms with Crippen LogP contribution in [0.15, 0.2) is 18.2 Å². The summed E-state index contributed by atoms with van der Waals surface area (Å²) in [5.74, 6) is -0.243. The lowest BCUT2D eigenvalue weighted by Gasteiger charge is -2.20. The monoisotopic (exact) mass is 238 g/mol. The van der Waals surface area contributed by atoms with Gasteiger partial charge in [0.15, 0.2) is 0 Å². The second kappa shape index (κ2) is 5.66. The van der Waals surface area contributed by atoms with E-state index in [-0.39, 0.29) is 17.9 Å². The van der Waals surface area contributed by atoms with E-state index in [0.717, 1.165) is 5.56 Å². The number of halogens is 1. The van der Waals surface area contributed by atoms with Crippen molar-refractivity contribution in [2.24, 2.45) is 0 Å². The molecule has 0 aliphatic carbocycles. The Labute approximate surface area is 102 Å². The van der Waals surface area contributed by atoms with E-state index in [1.54, 1.807) is 24.9 Å². The molecule has 0 saturated carbocycles. The molecule has 1 rings (SSSR count). The fourth-order valence-corrected chi connectivity index (χ4v) is 1.40. The highest BCUT2D eigenvalue weighted by molar-refractivity contribution is 5.74. The van der Waals surface area contributed by atoms with Gasteiger partial charge in [-0.3, -0.25) is 0 Å². The summed E-state index contributed by atoms with van der Waals surface area (Å²) in [5.41, 5.74) is 1.38. The largest absolute Gasteiger partial charge is 0.331 e. The highest BCUT2D eigenvalue weighted by Gasteiger charge is 2.12. The van der Waals surface area contributed by atoms with E-state index < -0.39 is 0 Å². The highest BCUT2D eigenvalue weighted by Crippen LogP contribution is 2.16. The number of nitrogens with one attached hydrogen (secondary N) is 1. The fourth-order valence-electron chi connectivity index (χ4n) is 1.40. The quantitative estimate of drug-likeness (QED) is 0.862. The van der Waals surface area contributed by atoms with Gasteiger partial charge in [0.05, 0.1) is 6.04 Å². The summed E-state index contributed by atoms with van der Waals surface area (Å²) >= 11 is 0. The van der Waals surface area contributed by atoms with Gasteiger partial charge in [0.25, 0.3) is 0 Å². The van der Waals surface area contributed by atoms with Gasteiger partial charge >= 0.3 is 6.03 Å². The van der Waals surface area contributed by atoms with E-state index in [1.165, 1.54) is 6.07 Å². The molecule has 0 bridgehead atoms. The average Bonchev–Trinajstić information content (AvgIpc) is 2.31. The molecule has 94 valence electrons. The van der Waals surface area contributed by atoms with Gasteiger partial charge in [0, 0.05) is 13.6 Å². The third-order valence-electron chi connectivity index (χ3n) is 2.86. The molecule has 0 aliphatic rings. The van der Waals surface area contributed by atoms with Crippen molar-refractivity contribution in [2.75, 3.05) is 13.6 Å². The zero-order valence-corrected chi connectivity index (χ0v) is 10.7. The molecular weight excluding hydrogens is 219 g/mol. The van der Waals surface area contributed by atoms with Crippen molar-refractivity contribution in [1.82, 2.24) is 10.2 Å². The first-order valence-electron chi connectivity index (χ1n) is 5.73. The van der Waals surface area contributed by atoms with Gasteiger partial charge < -0.3 is 10.2 Å². The molecule has 1 unspecified atom stereocenters. The molecule has 2 amide bonds. The molecule has 1 aromatic rings. The van der Waals surface area contributed by atoms with Crippen molar-refractivity contribution in [3.8, 4) is 0 Å². The second-order valence-electron chi connectivity index (χ2n) is 4.19. The van der Waals surface area contributed by atoms with Gasteiger partial charge in [-0.05, 0) is 38.0 Å². The van der Waals surface area contributed by atoms with Gasteiger partial charge in [-0.25, -0.2) is 9.18 Å². The standard InChI is InChI=1S/C13H19FN2O/c1-5-16(4)13(17)15-10(3)11-7-6-9(2)12(14)8-11/h6-8,10H,5H2,1-4H3,(H,15,17). The molecular formula is C13H19FN2O. The van der Waals surface area contributed by atoms with Crippen LogP contribution in [-0.2, 0) is 0 Å². The fraction of sp³-hybridized carbons (Fsp3) is 0.462. The van der Waals surface area contributed by atoms with Gasteiger partial charge in [0.2, 0.25) is 0 Å². The molecule has 17 heavy (non-hydrogen) atoms. The first-order chi connectivity index (χ1) is 7.95. The van der Waals surface area contributed by atoms with Gasteiger partial charge in [-0.15, -0.1) is 0 Å². The Morgan fingerprint density at radius 1 is 1.53 bits per heavy atom. The van der Waals surface area contributed by atoms with E-state index in [9.17, 15) is 9.18 Å². The zero-order valence-electron chi connectivity index (χ0n) is 10.7. The molecule has 0 heterocycles. The Bertz CT molecular complexity index is 406. The predicted octanol–water partition coefficient (Wildman–Crippen LogP) is 2.86. The van der Waals surface area contributed by atoms with E-state index in [1.807, 2.05) is 19.9 Å². The first-order valence-corrected chi connectivity index (χ1v) is 5.73. The van der Waals surface area contributed by atoms with Gasteiger partial charge in [-0.1, -0.05) is 12.1 Å². The molecule has 1 aromatic carbocycles. The first kappa shape index (κ1) is 13.5. The molecule has 3 nitrogen and oxygen atoms in total. The number of aryl methyl sites for hydroxylation is 1. The van der Waals surface area contributed by atoms with Crippen molar-refractivity contribution in [3.63, 3.8) is 0 Å². The number of urea groups is 1. The average molecular weight is 238 g/mol. The van der Waals surface area contributed by atoms with E-state index in [4.69, 9.17) is 0 Å². The molecule has 0 radical (unpaired) electrons. The molecule has 0 aliphatic heterocycles. The number of rotatable bonds is 3. The lowest BCUT2D eigenvalue weighted by atomic mass is 10.1. The molecule has 0 spiro atoms. The molecule has 0 fully saturated rings. The number of hydrogen-bond donors (Lipinski definition) is 1. The number of nitrogens with zero attached hydrogens (tertiary/aromatic N) is 1. The van der Waals surface area contributed by atoms with Crippen molar-refractivity contribution < 1.29 is 9.18 Å². The van der Waals surface area contributed by atoms with Gasteiger partial charge in [-0.2, -0.15) is 0 Å². The maximum atomic E-state index is 13.4. The summed E-state index contributed by atoms with van der Waals surface area (Å²) in [6.07, 6.45) is 0. The smallest absolute Gasteiger partial charge is 0.317 e. The number of benzene rings is 1. The van der Waals surface area contributed by atoms with Crippen LogP contribution in [-0.4, -0.2) is 24.5 Å². The van der Waals surface area contributed by atoms with Crippen molar-refractivity contribution in [2.45, 2.75) is 26.8 Å².